The van der Waals surface area contributed by atoms with Crippen LogP contribution in [0.25, 0.3) is 11.1 Å². The normalized spacial score (nSPS) is 15.2. The van der Waals surface area contributed by atoms with Gasteiger partial charge in [0.15, 0.2) is 23.1 Å². The van der Waals surface area contributed by atoms with Crippen molar-refractivity contribution in [3.8, 4) is 22.6 Å². The molecule has 0 saturated carbocycles. The Balaban J connectivity index is 1.79. The molecule has 0 saturated heterocycles. The monoisotopic (exact) mass is 494 g/mol. The average Bonchev–Trinajstić information content (AvgIpc) is 2.81. The molecule has 1 aliphatic carbocycles. The lowest BCUT2D eigenvalue weighted by Crippen LogP contribution is -2.41. The first-order valence-electron chi connectivity index (χ1n) is 10.9. The van der Waals surface area contributed by atoms with Gasteiger partial charge in [0.1, 0.15) is 0 Å². The molecule has 0 amide bonds. The SMILES string of the molecule is CCCc1ccc(C(=O)Oc2ccc3c(c2F)C(F)(F)C(F)(F)c2c-3ccc(OCC)c2F)cc1. The second-order valence-corrected chi connectivity index (χ2v) is 8.02. The zero-order chi connectivity index (χ0) is 25.5. The molecule has 0 N–H and O–H groups in total. The molecule has 0 radical (unpaired) electrons. The molecule has 0 fully saturated rings. The maximum Gasteiger partial charge on any atom is 0.343 e. The van der Waals surface area contributed by atoms with Crippen molar-refractivity contribution in [1.82, 2.24) is 0 Å². The van der Waals surface area contributed by atoms with Gasteiger partial charge in [-0.3, -0.25) is 0 Å². The number of benzene rings is 3. The van der Waals surface area contributed by atoms with Crippen LogP contribution in [0.5, 0.6) is 11.5 Å². The van der Waals surface area contributed by atoms with E-state index in [4.69, 9.17) is 9.47 Å². The van der Waals surface area contributed by atoms with Gasteiger partial charge in [-0.25, -0.2) is 13.6 Å². The van der Waals surface area contributed by atoms with Gasteiger partial charge in [-0.1, -0.05) is 25.5 Å². The fraction of sp³-hybridized carbons (Fsp3) is 0.269. The highest BCUT2D eigenvalue weighted by Gasteiger charge is 2.65. The Kier molecular flexibility index (Phi) is 6.29. The summed E-state index contributed by atoms with van der Waals surface area (Å²) in [6, 6.07) is 9.94. The van der Waals surface area contributed by atoms with E-state index >= 15 is 13.2 Å². The Bertz CT molecular complexity index is 1290. The third kappa shape index (κ3) is 3.92. The Morgan fingerprint density at radius 2 is 1.29 bits per heavy atom. The zero-order valence-corrected chi connectivity index (χ0v) is 18.7. The molecule has 3 aromatic rings. The molecule has 3 nitrogen and oxygen atoms in total. The van der Waals surface area contributed by atoms with E-state index in [1.807, 2.05) is 6.92 Å². The summed E-state index contributed by atoms with van der Waals surface area (Å²) in [5.41, 5.74) is -3.54. The quantitative estimate of drug-likeness (QED) is 0.204. The number of esters is 1. The average molecular weight is 494 g/mol. The van der Waals surface area contributed by atoms with Crippen molar-refractivity contribution >= 4 is 5.97 Å². The molecule has 0 unspecified atom stereocenters. The third-order valence-corrected chi connectivity index (χ3v) is 5.76. The Labute approximate surface area is 197 Å². The minimum atomic E-state index is -5.14. The maximum atomic E-state index is 15.2. The predicted octanol–water partition coefficient (Wildman–Crippen LogP) is 7.40. The number of halogens is 6. The summed E-state index contributed by atoms with van der Waals surface area (Å²) in [7, 11) is 0. The number of hydrogen-bond acceptors (Lipinski definition) is 3. The number of carbonyl (C=O) groups is 1. The van der Waals surface area contributed by atoms with Gasteiger partial charge in [0, 0.05) is 0 Å². The first kappa shape index (κ1) is 24.6. The lowest BCUT2D eigenvalue weighted by atomic mass is 9.79. The highest BCUT2D eigenvalue weighted by Crippen LogP contribution is 2.60. The zero-order valence-electron chi connectivity index (χ0n) is 18.7. The molecular weight excluding hydrogens is 474 g/mol. The lowest BCUT2D eigenvalue weighted by Gasteiger charge is -2.35. The molecule has 1 aliphatic rings. The summed E-state index contributed by atoms with van der Waals surface area (Å²) in [4.78, 5) is 12.4. The summed E-state index contributed by atoms with van der Waals surface area (Å²) in [5.74, 6) is -16.4. The van der Waals surface area contributed by atoms with E-state index in [1.165, 1.54) is 19.1 Å². The predicted molar refractivity (Wildman–Crippen MR) is 116 cm³/mol. The van der Waals surface area contributed by atoms with Gasteiger partial charge in [0.05, 0.1) is 23.3 Å². The summed E-state index contributed by atoms with van der Waals surface area (Å²) >= 11 is 0. The van der Waals surface area contributed by atoms with Crippen molar-refractivity contribution in [3.05, 3.63) is 82.4 Å². The van der Waals surface area contributed by atoms with Crippen molar-refractivity contribution < 1.29 is 40.6 Å². The van der Waals surface area contributed by atoms with Gasteiger partial charge < -0.3 is 9.47 Å². The number of ether oxygens (including phenoxy) is 2. The number of fused-ring (bicyclic) bond motifs is 3. The van der Waals surface area contributed by atoms with Crippen LogP contribution in [0.1, 0.15) is 47.3 Å². The number of rotatable bonds is 6. The Hall–Kier alpha value is -3.49. The van der Waals surface area contributed by atoms with Crippen LogP contribution in [0.15, 0.2) is 48.5 Å². The van der Waals surface area contributed by atoms with Crippen molar-refractivity contribution in [1.29, 1.82) is 0 Å². The second-order valence-electron chi connectivity index (χ2n) is 8.02. The van der Waals surface area contributed by atoms with Crippen LogP contribution in [0.2, 0.25) is 0 Å². The highest BCUT2D eigenvalue weighted by atomic mass is 19.3. The molecule has 3 aromatic carbocycles. The van der Waals surface area contributed by atoms with E-state index in [0.717, 1.165) is 42.7 Å². The molecule has 35 heavy (non-hydrogen) atoms. The van der Waals surface area contributed by atoms with Crippen LogP contribution in [0.3, 0.4) is 0 Å². The number of hydrogen-bond donors (Lipinski definition) is 0. The van der Waals surface area contributed by atoms with E-state index in [1.54, 1.807) is 12.1 Å². The van der Waals surface area contributed by atoms with Gasteiger partial charge in [-0.05, 0) is 66.4 Å². The van der Waals surface area contributed by atoms with Crippen molar-refractivity contribution in [3.63, 3.8) is 0 Å². The third-order valence-electron chi connectivity index (χ3n) is 5.76. The molecule has 0 atom stereocenters. The van der Waals surface area contributed by atoms with Gasteiger partial charge in [0.25, 0.3) is 0 Å². The van der Waals surface area contributed by atoms with Crippen LogP contribution in [-0.2, 0) is 18.3 Å². The molecular formula is C26H20F6O3. The summed E-state index contributed by atoms with van der Waals surface area (Å²) in [6.45, 7) is 3.36. The molecule has 0 bridgehead atoms. The Morgan fingerprint density at radius 3 is 1.80 bits per heavy atom. The van der Waals surface area contributed by atoms with E-state index in [0.29, 0.717) is 0 Å². The van der Waals surface area contributed by atoms with E-state index < -0.39 is 63.2 Å². The maximum absolute atomic E-state index is 15.2. The smallest absolute Gasteiger partial charge is 0.343 e. The number of carbonyl (C=O) groups excluding carboxylic acids is 1. The van der Waals surface area contributed by atoms with Gasteiger partial charge in [0.2, 0.25) is 0 Å². The fourth-order valence-electron chi connectivity index (χ4n) is 4.09. The topological polar surface area (TPSA) is 35.5 Å². The van der Waals surface area contributed by atoms with Crippen LogP contribution in [0.4, 0.5) is 26.3 Å². The molecule has 0 aliphatic heterocycles. The van der Waals surface area contributed by atoms with Gasteiger partial charge >= 0.3 is 17.8 Å². The van der Waals surface area contributed by atoms with Crippen molar-refractivity contribution in [2.45, 2.75) is 38.5 Å². The van der Waals surface area contributed by atoms with Crippen LogP contribution >= 0.6 is 0 Å². The summed E-state index contributed by atoms with van der Waals surface area (Å²) in [6.07, 6.45) is 1.65. The standard InChI is InChI=1S/C26H20F6O3/c1-3-5-14-6-8-15(9-7-14)24(33)35-19-13-11-17-16-10-12-18(34-4-2)22(27)20(16)25(29,30)26(31,32)21(17)23(19)28/h6-13H,3-5H2,1-2H3. The molecule has 0 spiro atoms. The van der Waals surface area contributed by atoms with E-state index in [9.17, 15) is 18.0 Å². The van der Waals surface area contributed by atoms with Crippen molar-refractivity contribution in [2.24, 2.45) is 0 Å². The second kappa shape index (κ2) is 8.94. The molecule has 0 heterocycles. The van der Waals surface area contributed by atoms with Crippen molar-refractivity contribution in [2.75, 3.05) is 6.61 Å². The fourth-order valence-corrected chi connectivity index (χ4v) is 4.09. The van der Waals surface area contributed by atoms with Crippen LogP contribution < -0.4 is 9.47 Å². The Morgan fingerprint density at radius 1 is 0.771 bits per heavy atom. The summed E-state index contributed by atoms with van der Waals surface area (Å²) < 4.78 is 99.8. The first-order chi connectivity index (χ1) is 16.5. The van der Waals surface area contributed by atoms with Crippen LogP contribution in [-0.4, -0.2) is 12.6 Å². The minimum absolute atomic E-state index is 0.0231. The number of alkyl halides is 4. The molecule has 0 aromatic heterocycles. The van der Waals surface area contributed by atoms with Gasteiger partial charge in [-0.2, -0.15) is 17.6 Å². The van der Waals surface area contributed by atoms with E-state index in [2.05, 4.69) is 0 Å². The minimum Gasteiger partial charge on any atom is -0.491 e. The largest absolute Gasteiger partial charge is 0.491 e. The summed E-state index contributed by atoms with van der Waals surface area (Å²) in [5, 5.41) is 0. The molecule has 4 rings (SSSR count). The molecule has 9 heteroatoms. The number of aryl methyl sites for hydroxylation is 1. The highest BCUT2D eigenvalue weighted by molar-refractivity contribution is 5.91. The van der Waals surface area contributed by atoms with Crippen LogP contribution in [0, 0.1) is 11.6 Å². The lowest BCUT2D eigenvalue weighted by molar-refractivity contribution is -0.228. The first-order valence-corrected chi connectivity index (χ1v) is 10.9. The molecule has 184 valence electrons. The van der Waals surface area contributed by atoms with E-state index in [-0.39, 0.29) is 12.2 Å². The van der Waals surface area contributed by atoms with Gasteiger partial charge in [-0.15, -0.1) is 0 Å².